The highest BCUT2D eigenvalue weighted by Gasteiger charge is 2.14. The van der Waals surface area contributed by atoms with Crippen molar-refractivity contribution >= 4 is 15.9 Å². The van der Waals surface area contributed by atoms with Crippen LogP contribution in [0.3, 0.4) is 0 Å². The van der Waals surface area contributed by atoms with Gasteiger partial charge in [0.05, 0.1) is 11.0 Å². The number of carbonyl (C=O) groups is 1. The molecule has 2 aromatic carbocycles. The summed E-state index contributed by atoms with van der Waals surface area (Å²) in [6.45, 7) is 6.88. The molecule has 0 fully saturated rings. The number of ether oxygens (including phenoxy) is 1. The molecule has 6 nitrogen and oxygen atoms in total. The third kappa shape index (κ3) is 7.61. The van der Waals surface area contributed by atoms with Gasteiger partial charge >= 0.3 is 0 Å². The molecule has 0 aliphatic heterocycles. The van der Waals surface area contributed by atoms with E-state index in [0.717, 1.165) is 16.7 Å². The van der Waals surface area contributed by atoms with Crippen molar-refractivity contribution in [1.29, 1.82) is 0 Å². The van der Waals surface area contributed by atoms with Crippen LogP contribution in [-0.2, 0) is 19.6 Å². The second kappa shape index (κ2) is 11.1. The largest absolute Gasteiger partial charge is 0.374 e. The lowest BCUT2D eigenvalue weighted by atomic mass is 10.1. The Labute approximate surface area is 173 Å². The van der Waals surface area contributed by atoms with E-state index in [1.165, 1.54) is 0 Å². The molecular formula is C22H30N2O4S. The SMILES string of the molecule is Cc1ccc(S(=O)(=O)NCCC(=O)NCCCOC(C)c2ccccc2)cc1C. The average molecular weight is 419 g/mol. The second-order valence-electron chi connectivity index (χ2n) is 7.02. The van der Waals surface area contributed by atoms with Crippen molar-refractivity contribution in [1.82, 2.24) is 10.0 Å². The maximum atomic E-state index is 12.3. The average Bonchev–Trinajstić information content (AvgIpc) is 2.70. The van der Waals surface area contributed by atoms with Crippen LogP contribution in [0.4, 0.5) is 0 Å². The van der Waals surface area contributed by atoms with Crippen molar-refractivity contribution in [2.45, 2.75) is 44.6 Å². The molecule has 2 rings (SSSR count). The highest BCUT2D eigenvalue weighted by atomic mass is 32.2. The molecule has 158 valence electrons. The Kier molecular flexibility index (Phi) is 8.82. The van der Waals surface area contributed by atoms with Crippen LogP contribution in [0.25, 0.3) is 0 Å². The lowest BCUT2D eigenvalue weighted by Gasteiger charge is -2.13. The Bertz CT molecular complexity index is 898. The minimum absolute atomic E-state index is 0.00622. The summed E-state index contributed by atoms with van der Waals surface area (Å²) < 4.78 is 32.8. The van der Waals surface area contributed by atoms with Gasteiger partial charge in [0, 0.05) is 26.1 Å². The molecule has 1 amide bonds. The summed E-state index contributed by atoms with van der Waals surface area (Å²) in [7, 11) is -3.61. The minimum atomic E-state index is -3.61. The highest BCUT2D eigenvalue weighted by molar-refractivity contribution is 7.89. The Morgan fingerprint density at radius 3 is 2.45 bits per heavy atom. The molecule has 0 heterocycles. The zero-order valence-corrected chi connectivity index (χ0v) is 18.1. The van der Waals surface area contributed by atoms with Crippen LogP contribution in [0.15, 0.2) is 53.4 Å². The standard InChI is InChI=1S/C22H30N2O4S/c1-17-10-11-21(16-18(17)2)29(26,27)24-14-12-22(25)23-13-7-15-28-19(3)20-8-5-4-6-9-20/h4-6,8-11,16,19,24H,7,12-15H2,1-3H3,(H,23,25). The van der Waals surface area contributed by atoms with Crippen molar-refractivity contribution in [3.63, 3.8) is 0 Å². The van der Waals surface area contributed by atoms with Crippen molar-refractivity contribution in [3.8, 4) is 0 Å². The van der Waals surface area contributed by atoms with Gasteiger partial charge in [-0.2, -0.15) is 0 Å². The van der Waals surface area contributed by atoms with Crippen LogP contribution < -0.4 is 10.0 Å². The van der Waals surface area contributed by atoms with Gasteiger partial charge in [-0.3, -0.25) is 4.79 Å². The van der Waals surface area contributed by atoms with Crippen LogP contribution in [-0.4, -0.2) is 34.0 Å². The number of aryl methyl sites for hydroxylation is 2. The van der Waals surface area contributed by atoms with Gasteiger partial charge in [0.15, 0.2) is 0 Å². The van der Waals surface area contributed by atoms with Gasteiger partial charge in [0.1, 0.15) is 0 Å². The summed E-state index contributed by atoms with van der Waals surface area (Å²) in [5.74, 6) is -0.191. The van der Waals surface area contributed by atoms with Crippen LogP contribution in [0, 0.1) is 13.8 Å². The van der Waals surface area contributed by atoms with Gasteiger partial charge in [0.25, 0.3) is 0 Å². The molecule has 0 aromatic heterocycles. The zero-order chi connectivity index (χ0) is 21.3. The molecule has 0 aliphatic rings. The maximum absolute atomic E-state index is 12.3. The summed E-state index contributed by atoms with van der Waals surface area (Å²) in [5, 5.41) is 2.79. The Morgan fingerprint density at radius 1 is 1.03 bits per heavy atom. The lowest BCUT2D eigenvalue weighted by Crippen LogP contribution is -2.31. The lowest BCUT2D eigenvalue weighted by molar-refractivity contribution is -0.120. The summed E-state index contributed by atoms with van der Waals surface area (Å²) in [6, 6.07) is 14.9. The number of hydrogen-bond acceptors (Lipinski definition) is 4. The van der Waals surface area contributed by atoms with Crippen LogP contribution in [0.1, 0.15) is 42.6 Å². The zero-order valence-electron chi connectivity index (χ0n) is 17.3. The smallest absolute Gasteiger partial charge is 0.240 e. The van der Waals surface area contributed by atoms with Gasteiger partial charge < -0.3 is 10.1 Å². The van der Waals surface area contributed by atoms with Crippen LogP contribution >= 0.6 is 0 Å². The molecule has 0 saturated carbocycles. The monoisotopic (exact) mass is 418 g/mol. The molecule has 0 saturated heterocycles. The van der Waals surface area contributed by atoms with E-state index in [1.54, 1.807) is 18.2 Å². The van der Waals surface area contributed by atoms with E-state index in [0.29, 0.717) is 19.6 Å². The third-order valence-corrected chi connectivity index (χ3v) is 6.17. The van der Waals surface area contributed by atoms with Gasteiger partial charge in [-0.25, -0.2) is 13.1 Å². The van der Waals surface area contributed by atoms with Crippen molar-refractivity contribution in [2.24, 2.45) is 0 Å². The van der Waals surface area contributed by atoms with E-state index in [-0.39, 0.29) is 29.9 Å². The number of sulfonamides is 1. The Balaban J connectivity index is 1.62. The summed E-state index contributed by atoms with van der Waals surface area (Å²) in [5.41, 5.74) is 3.06. The molecule has 0 radical (unpaired) electrons. The van der Waals surface area contributed by atoms with Gasteiger partial charge in [0.2, 0.25) is 15.9 Å². The normalized spacial score (nSPS) is 12.5. The molecule has 7 heteroatoms. The Hall–Kier alpha value is -2.22. The molecule has 0 bridgehead atoms. The topological polar surface area (TPSA) is 84.5 Å². The number of nitrogens with one attached hydrogen (secondary N) is 2. The Morgan fingerprint density at radius 2 is 1.76 bits per heavy atom. The fourth-order valence-corrected chi connectivity index (χ4v) is 3.85. The highest BCUT2D eigenvalue weighted by Crippen LogP contribution is 2.16. The van der Waals surface area contributed by atoms with Gasteiger partial charge in [-0.05, 0) is 56.0 Å². The maximum Gasteiger partial charge on any atom is 0.240 e. The fraction of sp³-hybridized carbons (Fsp3) is 0.409. The van der Waals surface area contributed by atoms with Gasteiger partial charge in [-0.15, -0.1) is 0 Å². The van der Waals surface area contributed by atoms with Crippen molar-refractivity contribution in [2.75, 3.05) is 19.7 Å². The first-order valence-corrected chi connectivity index (χ1v) is 11.3. The van der Waals surface area contributed by atoms with Gasteiger partial charge in [-0.1, -0.05) is 36.4 Å². The van der Waals surface area contributed by atoms with Crippen molar-refractivity contribution in [3.05, 3.63) is 65.2 Å². The predicted molar refractivity (Wildman–Crippen MR) is 114 cm³/mol. The van der Waals surface area contributed by atoms with E-state index in [4.69, 9.17) is 4.74 Å². The fourth-order valence-electron chi connectivity index (χ4n) is 2.73. The number of amides is 1. The quantitative estimate of drug-likeness (QED) is 0.549. The molecule has 0 spiro atoms. The van der Waals surface area contributed by atoms with E-state index in [9.17, 15) is 13.2 Å². The second-order valence-corrected chi connectivity index (χ2v) is 8.79. The number of benzene rings is 2. The summed E-state index contributed by atoms with van der Waals surface area (Å²) in [4.78, 5) is 12.1. The number of hydrogen-bond donors (Lipinski definition) is 2. The van der Waals surface area contributed by atoms with E-state index in [1.807, 2.05) is 51.1 Å². The first-order chi connectivity index (χ1) is 13.8. The molecule has 1 unspecified atom stereocenters. The molecular weight excluding hydrogens is 388 g/mol. The summed E-state index contributed by atoms with van der Waals surface area (Å²) >= 11 is 0. The molecule has 0 aliphatic carbocycles. The van der Waals surface area contributed by atoms with Crippen molar-refractivity contribution < 1.29 is 17.9 Å². The molecule has 2 aromatic rings. The van der Waals surface area contributed by atoms with Crippen LogP contribution in [0.2, 0.25) is 0 Å². The predicted octanol–water partition coefficient (Wildman–Crippen LogP) is 3.26. The summed E-state index contributed by atoms with van der Waals surface area (Å²) in [6.07, 6.45) is 0.787. The first kappa shape index (κ1) is 23.1. The molecule has 2 N–H and O–H groups in total. The number of rotatable bonds is 11. The molecule has 1 atom stereocenters. The van der Waals surface area contributed by atoms with E-state index < -0.39 is 10.0 Å². The van der Waals surface area contributed by atoms with E-state index in [2.05, 4.69) is 10.0 Å². The number of carbonyl (C=O) groups excluding carboxylic acids is 1. The van der Waals surface area contributed by atoms with Crippen LogP contribution in [0.5, 0.6) is 0 Å². The third-order valence-electron chi connectivity index (χ3n) is 4.71. The first-order valence-electron chi connectivity index (χ1n) is 9.80. The van der Waals surface area contributed by atoms with E-state index >= 15 is 0 Å². The minimum Gasteiger partial charge on any atom is -0.374 e. The molecule has 29 heavy (non-hydrogen) atoms.